The summed E-state index contributed by atoms with van der Waals surface area (Å²) in [4.78, 5) is 10.5. The predicted molar refractivity (Wildman–Crippen MR) is 72.7 cm³/mol. The van der Waals surface area contributed by atoms with Gasteiger partial charge in [0.15, 0.2) is 0 Å². The standard InChI is InChI=1S/C13H18FNO4S/c1-2-3-4-5-8-15-20(18,19)10-6-7-12(14)11(9-10)13(16)17/h6-7,9,15H,2-5,8H2,1H3,(H,16,17). The van der Waals surface area contributed by atoms with E-state index in [1.165, 1.54) is 0 Å². The molecule has 0 aliphatic carbocycles. The van der Waals surface area contributed by atoms with Crippen LogP contribution in [0.2, 0.25) is 0 Å². The first-order valence-electron chi connectivity index (χ1n) is 6.41. The molecule has 0 aromatic heterocycles. The van der Waals surface area contributed by atoms with Crippen molar-refractivity contribution >= 4 is 16.0 Å². The van der Waals surface area contributed by atoms with Gasteiger partial charge in [0.05, 0.1) is 10.5 Å². The number of hydrogen-bond acceptors (Lipinski definition) is 3. The van der Waals surface area contributed by atoms with E-state index in [1.807, 2.05) is 0 Å². The van der Waals surface area contributed by atoms with Crippen molar-refractivity contribution in [2.75, 3.05) is 6.54 Å². The van der Waals surface area contributed by atoms with Crippen molar-refractivity contribution in [3.05, 3.63) is 29.6 Å². The van der Waals surface area contributed by atoms with Gasteiger partial charge >= 0.3 is 5.97 Å². The maximum atomic E-state index is 13.2. The Bertz CT molecular complexity index is 572. The minimum Gasteiger partial charge on any atom is -0.478 e. The highest BCUT2D eigenvalue weighted by molar-refractivity contribution is 7.89. The second-order valence-corrected chi connectivity index (χ2v) is 6.17. The normalized spacial score (nSPS) is 11.5. The number of halogens is 1. The summed E-state index contributed by atoms with van der Waals surface area (Å²) in [6.45, 7) is 2.33. The number of hydrogen-bond donors (Lipinski definition) is 2. The van der Waals surface area contributed by atoms with Crippen molar-refractivity contribution in [2.24, 2.45) is 0 Å². The highest BCUT2D eigenvalue weighted by Crippen LogP contribution is 2.15. The average Bonchev–Trinajstić information content (AvgIpc) is 2.38. The van der Waals surface area contributed by atoms with Crippen molar-refractivity contribution in [1.29, 1.82) is 0 Å². The van der Waals surface area contributed by atoms with E-state index in [0.29, 0.717) is 6.42 Å². The number of nitrogens with one attached hydrogen (secondary N) is 1. The van der Waals surface area contributed by atoms with E-state index in [4.69, 9.17) is 5.11 Å². The Kier molecular flexibility index (Phi) is 6.09. The van der Waals surface area contributed by atoms with Crippen LogP contribution in [-0.2, 0) is 10.0 Å². The third-order valence-corrected chi connectivity index (χ3v) is 4.26. The number of rotatable bonds is 8. The molecule has 20 heavy (non-hydrogen) atoms. The summed E-state index contributed by atoms with van der Waals surface area (Å²) in [5, 5.41) is 8.77. The summed E-state index contributed by atoms with van der Waals surface area (Å²) in [7, 11) is -3.80. The van der Waals surface area contributed by atoms with E-state index >= 15 is 0 Å². The molecule has 1 aromatic carbocycles. The Labute approximate surface area is 117 Å². The van der Waals surface area contributed by atoms with Gasteiger partial charge in [-0.2, -0.15) is 0 Å². The molecule has 0 saturated heterocycles. The zero-order chi connectivity index (χ0) is 15.2. The van der Waals surface area contributed by atoms with Gasteiger partial charge in [0.25, 0.3) is 0 Å². The molecule has 0 heterocycles. The summed E-state index contributed by atoms with van der Waals surface area (Å²) in [6.07, 6.45) is 3.71. The van der Waals surface area contributed by atoms with E-state index in [1.54, 1.807) is 0 Å². The minimum atomic E-state index is -3.80. The van der Waals surface area contributed by atoms with Crippen LogP contribution in [0.1, 0.15) is 43.0 Å². The number of unbranched alkanes of at least 4 members (excludes halogenated alkanes) is 3. The third kappa shape index (κ3) is 4.57. The molecular formula is C13H18FNO4S. The molecule has 0 aliphatic heterocycles. The van der Waals surface area contributed by atoms with Gasteiger partial charge in [-0.3, -0.25) is 0 Å². The second-order valence-electron chi connectivity index (χ2n) is 4.41. The van der Waals surface area contributed by atoms with Gasteiger partial charge < -0.3 is 5.11 Å². The molecule has 5 nitrogen and oxygen atoms in total. The Morgan fingerprint density at radius 2 is 2.00 bits per heavy atom. The fourth-order valence-electron chi connectivity index (χ4n) is 1.68. The Hall–Kier alpha value is -1.47. The first-order chi connectivity index (χ1) is 9.38. The summed E-state index contributed by atoms with van der Waals surface area (Å²) < 4.78 is 39.4. The van der Waals surface area contributed by atoms with E-state index in [-0.39, 0.29) is 11.4 Å². The number of carbonyl (C=O) groups is 1. The van der Waals surface area contributed by atoms with E-state index < -0.39 is 27.4 Å². The number of aromatic carboxylic acids is 1. The van der Waals surface area contributed by atoms with Crippen LogP contribution in [0, 0.1) is 5.82 Å². The number of sulfonamides is 1. The van der Waals surface area contributed by atoms with Crippen molar-refractivity contribution in [1.82, 2.24) is 4.72 Å². The molecule has 0 saturated carbocycles. The Balaban J connectivity index is 2.77. The van der Waals surface area contributed by atoms with E-state index in [9.17, 15) is 17.6 Å². The quantitative estimate of drug-likeness (QED) is 0.722. The van der Waals surface area contributed by atoms with Crippen molar-refractivity contribution in [3.8, 4) is 0 Å². The first-order valence-corrected chi connectivity index (χ1v) is 7.89. The molecule has 0 aliphatic rings. The van der Waals surface area contributed by atoms with Gasteiger partial charge in [0.1, 0.15) is 5.82 Å². The molecule has 0 bridgehead atoms. The molecule has 0 fully saturated rings. The lowest BCUT2D eigenvalue weighted by molar-refractivity contribution is 0.0691. The highest BCUT2D eigenvalue weighted by atomic mass is 32.2. The molecule has 112 valence electrons. The number of carboxylic acid groups (broad SMARTS) is 1. The molecule has 7 heteroatoms. The van der Waals surface area contributed by atoms with Crippen LogP contribution in [0.15, 0.2) is 23.1 Å². The topological polar surface area (TPSA) is 83.5 Å². The van der Waals surface area contributed by atoms with Crippen LogP contribution >= 0.6 is 0 Å². The van der Waals surface area contributed by atoms with Gasteiger partial charge in [-0.1, -0.05) is 26.2 Å². The highest BCUT2D eigenvalue weighted by Gasteiger charge is 2.18. The van der Waals surface area contributed by atoms with E-state index in [0.717, 1.165) is 37.5 Å². The number of benzene rings is 1. The zero-order valence-corrected chi connectivity index (χ0v) is 12.0. The van der Waals surface area contributed by atoms with Gasteiger partial charge in [0, 0.05) is 6.54 Å². The molecule has 0 spiro atoms. The summed E-state index contributed by atoms with van der Waals surface area (Å²) in [5.74, 6) is -2.46. The van der Waals surface area contributed by atoms with Crippen molar-refractivity contribution in [3.63, 3.8) is 0 Å². The van der Waals surface area contributed by atoms with Crippen LogP contribution in [0.5, 0.6) is 0 Å². The minimum absolute atomic E-state index is 0.244. The van der Waals surface area contributed by atoms with Gasteiger partial charge in [0.2, 0.25) is 10.0 Å². The molecule has 2 N–H and O–H groups in total. The molecule has 1 aromatic rings. The number of carboxylic acids is 1. The third-order valence-electron chi connectivity index (χ3n) is 2.80. The molecular weight excluding hydrogens is 285 g/mol. The van der Waals surface area contributed by atoms with Gasteiger partial charge in [-0.05, 0) is 24.6 Å². The molecule has 0 atom stereocenters. The first kappa shape index (κ1) is 16.6. The second kappa shape index (κ2) is 7.35. The smallest absolute Gasteiger partial charge is 0.338 e. The lowest BCUT2D eigenvalue weighted by Gasteiger charge is -2.07. The molecule has 0 unspecified atom stereocenters. The van der Waals surface area contributed by atoms with Crippen LogP contribution in [0.25, 0.3) is 0 Å². The molecule has 1 rings (SSSR count). The van der Waals surface area contributed by atoms with Crippen molar-refractivity contribution in [2.45, 2.75) is 37.5 Å². The lowest BCUT2D eigenvalue weighted by atomic mass is 10.2. The lowest BCUT2D eigenvalue weighted by Crippen LogP contribution is -2.25. The van der Waals surface area contributed by atoms with Crippen LogP contribution < -0.4 is 4.72 Å². The maximum Gasteiger partial charge on any atom is 0.338 e. The monoisotopic (exact) mass is 303 g/mol. The van der Waals surface area contributed by atoms with Gasteiger partial charge in [-0.15, -0.1) is 0 Å². The maximum absolute atomic E-state index is 13.2. The van der Waals surface area contributed by atoms with Crippen molar-refractivity contribution < 1.29 is 22.7 Å². The fraction of sp³-hybridized carbons (Fsp3) is 0.462. The largest absolute Gasteiger partial charge is 0.478 e. The zero-order valence-electron chi connectivity index (χ0n) is 11.2. The van der Waals surface area contributed by atoms with Crippen LogP contribution in [0.4, 0.5) is 4.39 Å². The van der Waals surface area contributed by atoms with E-state index in [2.05, 4.69) is 11.6 Å². The molecule has 0 radical (unpaired) electrons. The van der Waals surface area contributed by atoms with Gasteiger partial charge in [-0.25, -0.2) is 22.3 Å². The van der Waals surface area contributed by atoms with Crippen LogP contribution in [-0.4, -0.2) is 26.0 Å². The Morgan fingerprint density at radius 1 is 1.30 bits per heavy atom. The Morgan fingerprint density at radius 3 is 2.60 bits per heavy atom. The van der Waals surface area contributed by atoms with Crippen LogP contribution in [0.3, 0.4) is 0 Å². The summed E-state index contributed by atoms with van der Waals surface area (Å²) in [5.41, 5.74) is -0.654. The summed E-state index contributed by atoms with van der Waals surface area (Å²) >= 11 is 0. The SMILES string of the molecule is CCCCCCNS(=O)(=O)c1ccc(F)c(C(=O)O)c1. The summed E-state index contributed by atoms with van der Waals surface area (Å²) in [6, 6.07) is 2.72. The predicted octanol–water partition coefficient (Wildman–Crippen LogP) is 2.38. The molecule has 0 amide bonds. The fourth-order valence-corrected chi connectivity index (χ4v) is 2.78. The average molecular weight is 303 g/mol.